The first-order chi connectivity index (χ1) is 8.58. The molecule has 3 nitrogen and oxygen atoms in total. The van der Waals surface area contributed by atoms with Crippen molar-refractivity contribution >= 4 is 5.70 Å². The molecule has 2 rings (SSSR count). The molecule has 0 aromatic heterocycles. The second-order valence-corrected chi connectivity index (χ2v) is 4.42. The van der Waals surface area contributed by atoms with E-state index in [1.807, 2.05) is 0 Å². The second-order valence-electron chi connectivity index (χ2n) is 4.42. The molecule has 18 heavy (non-hydrogen) atoms. The molecule has 0 aliphatic carbocycles. The van der Waals surface area contributed by atoms with Gasteiger partial charge < -0.3 is 15.7 Å². The molecule has 1 aromatic rings. The highest BCUT2D eigenvalue weighted by Crippen LogP contribution is 2.16. The summed E-state index contributed by atoms with van der Waals surface area (Å²) in [7, 11) is 0. The Kier molecular flexibility index (Phi) is 3.93. The highest BCUT2D eigenvalue weighted by Gasteiger charge is 2.23. The Morgan fingerprint density at radius 1 is 1.39 bits per heavy atom. The van der Waals surface area contributed by atoms with Crippen LogP contribution in [-0.4, -0.2) is 30.3 Å². The zero-order valence-corrected chi connectivity index (χ0v) is 9.92. The molecule has 1 aliphatic rings. The van der Waals surface area contributed by atoms with E-state index in [9.17, 15) is 13.9 Å². The molecule has 1 heterocycles. The number of aliphatic hydroxyl groups is 1. The van der Waals surface area contributed by atoms with Crippen molar-refractivity contribution in [3.63, 3.8) is 0 Å². The molecule has 0 spiro atoms. The number of rotatable bonds is 3. The molecule has 0 radical (unpaired) electrons. The molecule has 0 saturated carbocycles. The Bertz CT molecular complexity index is 451. The summed E-state index contributed by atoms with van der Waals surface area (Å²) in [6, 6.07) is 3.50. The van der Waals surface area contributed by atoms with Gasteiger partial charge in [0.25, 0.3) is 0 Å². The summed E-state index contributed by atoms with van der Waals surface area (Å²) in [6.07, 6.45) is 0.241. The van der Waals surface area contributed by atoms with Crippen LogP contribution in [0.15, 0.2) is 24.8 Å². The van der Waals surface area contributed by atoms with Crippen LogP contribution in [0.1, 0.15) is 12.0 Å². The van der Waals surface area contributed by atoms with E-state index in [-0.39, 0.29) is 6.04 Å². The average molecular weight is 254 g/mol. The van der Waals surface area contributed by atoms with Crippen LogP contribution in [0.25, 0.3) is 5.70 Å². The minimum Gasteiger partial charge on any atom is -0.390 e. The van der Waals surface area contributed by atoms with Crippen LogP contribution in [0.5, 0.6) is 0 Å². The zero-order valence-electron chi connectivity index (χ0n) is 9.92. The Balaban J connectivity index is 2.04. The lowest BCUT2D eigenvalue weighted by Crippen LogP contribution is -2.50. The first-order valence-corrected chi connectivity index (χ1v) is 5.87. The molecular formula is C13H16F2N2O. The van der Waals surface area contributed by atoms with E-state index in [0.717, 1.165) is 25.1 Å². The van der Waals surface area contributed by atoms with Gasteiger partial charge in [-0.05, 0) is 31.2 Å². The highest BCUT2D eigenvalue weighted by atomic mass is 19.2. The number of benzene rings is 1. The molecule has 1 aliphatic heterocycles. The first-order valence-electron chi connectivity index (χ1n) is 5.87. The van der Waals surface area contributed by atoms with Crippen LogP contribution in [0.4, 0.5) is 8.78 Å². The van der Waals surface area contributed by atoms with E-state index in [2.05, 4.69) is 17.2 Å². The number of β-amino-alcohol motifs (C(OH)–C–C–N with tert-alkyl or cyclic N) is 1. The van der Waals surface area contributed by atoms with Crippen molar-refractivity contribution in [3.05, 3.63) is 42.0 Å². The van der Waals surface area contributed by atoms with Crippen molar-refractivity contribution in [2.45, 2.75) is 18.6 Å². The van der Waals surface area contributed by atoms with Crippen molar-refractivity contribution in [2.24, 2.45) is 0 Å². The third kappa shape index (κ3) is 2.86. The van der Waals surface area contributed by atoms with E-state index < -0.39 is 17.7 Å². The lowest BCUT2D eigenvalue weighted by atomic mass is 10.0. The molecule has 1 fully saturated rings. The van der Waals surface area contributed by atoms with Crippen molar-refractivity contribution in [1.82, 2.24) is 10.6 Å². The summed E-state index contributed by atoms with van der Waals surface area (Å²) in [4.78, 5) is 0. The molecular weight excluding hydrogens is 238 g/mol. The van der Waals surface area contributed by atoms with Crippen molar-refractivity contribution in [3.8, 4) is 0 Å². The molecule has 2 unspecified atom stereocenters. The summed E-state index contributed by atoms with van der Waals surface area (Å²) in [5.41, 5.74) is 0.972. The summed E-state index contributed by atoms with van der Waals surface area (Å²) < 4.78 is 25.9. The normalized spacial score (nSPS) is 23.7. The Morgan fingerprint density at radius 3 is 2.83 bits per heavy atom. The van der Waals surface area contributed by atoms with E-state index in [1.54, 1.807) is 0 Å². The fraction of sp³-hybridized carbons (Fsp3) is 0.385. The van der Waals surface area contributed by atoms with Gasteiger partial charge in [0.2, 0.25) is 0 Å². The van der Waals surface area contributed by atoms with Gasteiger partial charge in [0.05, 0.1) is 12.1 Å². The van der Waals surface area contributed by atoms with Crippen LogP contribution in [0.3, 0.4) is 0 Å². The van der Waals surface area contributed by atoms with E-state index in [1.165, 1.54) is 6.07 Å². The Labute approximate surface area is 105 Å². The van der Waals surface area contributed by atoms with Gasteiger partial charge in [-0.2, -0.15) is 0 Å². The smallest absolute Gasteiger partial charge is 0.159 e. The monoisotopic (exact) mass is 254 g/mol. The number of hydrogen-bond donors (Lipinski definition) is 3. The summed E-state index contributed by atoms with van der Waals surface area (Å²) in [5, 5.41) is 15.9. The molecule has 0 amide bonds. The minimum absolute atomic E-state index is 0.119. The largest absolute Gasteiger partial charge is 0.390 e. The van der Waals surface area contributed by atoms with Gasteiger partial charge in [-0.15, -0.1) is 0 Å². The molecule has 1 saturated heterocycles. The number of aliphatic hydroxyl groups excluding tert-OH is 1. The van der Waals surface area contributed by atoms with Crippen LogP contribution >= 0.6 is 0 Å². The van der Waals surface area contributed by atoms with Gasteiger partial charge in [0.1, 0.15) is 0 Å². The van der Waals surface area contributed by atoms with Gasteiger partial charge >= 0.3 is 0 Å². The predicted octanol–water partition coefficient (Wildman–Crippen LogP) is 1.25. The summed E-state index contributed by atoms with van der Waals surface area (Å²) in [6.45, 7) is 5.11. The third-order valence-corrected chi connectivity index (χ3v) is 3.08. The lowest BCUT2D eigenvalue weighted by Gasteiger charge is -2.30. The first kappa shape index (κ1) is 13.0. The van der Waals surface area contributed by atoms with Gasteiger partial charge in [-0.1, -0.05) is 6.58 Å². The number of piperidine rings is 1. The molecule has 2 atom stereocenters. The van der Waals surface area contributed by atoms with Gasteiger partial charge in [-0.25, -0.2) is 8.78 Å². The van der Waals surface area contributed by atoms with Crippen LogP contribution < -0.4 is 10.6 Å². The van der Waals surface area contributed by atoms with Crippen LogP contribution in [0.2, 0.25) is 0 Å². The van der Waals surface area contributed by atoms with Crippen molar-refractivity contribution in [2.75, 3.05) is 13.1 Å². The molecule has 98 valence electrons. The maximum absolute atomic E-state index is 13.1. The van der Waals surface area contributed by atoms with Crippen LogP contribution in [-0.2, 0) is 0 Å². The molecule has 1 aromatic carbocycles. The fourth-order valence-electron chi connectivity index (χ4n) is 2.00. The van der Waals surface area contributed by atoms with Gasteiger partial charge in [0, 0.05) is 17.8 Å². The quantitative estimate of drug-likeness (QED) is 0.760. The number of nitrogens with one attached hydrogen (secondary N) is 2. The minimum atomic E-state index is -0.902. The highest BCUT2D eigenvalue weighted by molar-refractivity contribution is 5.61. The van der Waals surface area contributed by atoms with E-state index >= 15 is 0 Å². The number of hydrogen-bond acceptors (Lipinski definition) is 3. The maximum Gasteiger partial charge on any atom is 0.159 e. The molecule has 5 heteroatoms. The van der Waals surface area contributed by atoms with E-state index in [4.69, 9.17) is 0 Å². The molecule has 0 bridgehead atoms. The maximum atomic E-state index is 13.1. The Morgan fingerprint density at radius 2 is 2.17 bits per heavy atom. The zero-order chi connectivity index (χ0) is 13.1. The molecule has 3 N–H and O–H groups in total. The summed E-state index contributed by atoms with van der Waals surface area (Å²) >= 11 is 0. The second kappa shape index (κ2) is 5.46. The van der Waals surface area contributed by atoms with Gasteiger partial charge in [-0.3, -0.25) is 0 Å². The van der Waals surface area contributed by atoms with Crippen molar-refractivity contribution < 1.29 is 13.9 Å². The summed E-state index contributed by atoms with van der Waals surface area (Å²) in [5.74, 6) is -1.78. The standard InChI is InChI=1S/C13H16F2N2O/c1-8(9-2-3-10(14)11(15)6-9)17-12-4-5-16-7-13(12)18/h2-3,6,12-13,16-18H,1,4-5,7H2. The van der Waals surface area contributed by atoms with Crippen LogP contribution in [0, 0.1) is 11.6 Å². The topological polar surface area (TPSA) is 44.3 Å². The van der Waals surface area contributed by atoms with Crippen molar-refractivity contribution in [1.29, 1.82) is 0 Å². The Hall–Kier alpha value is -1.46. The SMILES string of the molecule is C=C(NC1CCNCC1O)c1ccc(F)c(F)c1. The van der Waals surface area contributed by atoms with E-state index in [0.29, 0.717) is 17.8 Å². The fourth-order valence-corrected chi connectivity index (χ4v) is 2.00. The number of halogens is 2. The van der Waals surface area contributed by atoms with Gasteiger partial charge in [0.15, 0.2) is 11.6 Å². The predicted molar refractivity (Wildman–Crippen MR) is 65.8 cm³/mol. The average Bonchev–Trinajstić information content (AvgIpc) is 2.35. The third-order valence-electron chi connectivity index (χ3n) is 3.08. The lowest BCUT2D eigenvalue weighted by molar-refractivity contribution is 0.111.